The molecule has 0 bridgehead atoms. The van der Waals surface area contributed by atoms with Gasteiger partial charge in [-0.1, -0.05) is 121 Å². The van der Waals surface area contributed by atoms with Gasteiger partial charge in [-0.2, -0.15) is 11.8 Å². The molecule has 0 spiro atoms. The van der Waals surface area contributed by atoms with Gasteiger partial charge >= 0.3 is 11.9 Å². The second-order valence-corrected chi connectivity index (χ2v) is 16.7. The average Bonchev–Trinajstić information content (AvgIpc) is 3.34. The van der Waals surface area contributed by atoms with Crippen molar-refractivity contribution >= 4 is 46.9 Å². The summed E-state index contributed by atoms with van der Waals surface area (Å²) in [4.78, 5) is 58.9. The molecule has 0 N–H and O–H groups in total. The van der Waals surface area contributed by atoms with Crippen LogP contribution in [-0.4, -0.2) is 61.6 Å². The Bertz CT molecular complexity index is 2140. The standard InChI is InChI=1S/C54H56N2O6S/c1-5-61-49(57)41-29-33-47(34-30-41)55(51(59)53(3,43-21-11-7-12-22-43)44-23-13-8-14-24-44)37-19-39-63-40-20-38-56(48-35-31-42(32-36-48)50(58)62-6-2)52(60)54(4,45-25-15-9-16-26-45)46-27-17-10-18-28-46/h7-18,21-36H,5-6,19-20,37-40H2,1-4H3. The molecule has 0 unspecified atom stereocenters. The highest BCUT2D eigenvalue weighted by Crippen LogP contribution is 2.37. The van der Waals surface area contributed by atoms with E-state index in [2.05, 4.69) is 0 Å². The number of ether oxygens (including phenoxy) is 2. The van der Waals surface area contributed by atoms with Gasteiger partial charge in [-0.25, -0.2) is 9.59 Å². The lowest BCUT2D eigenvalue weighted by atomic mass is 9.75. The fraction of sp³-hybridized carbons (Fsp3) is 0.259. The highest BCUT2D eigenvalue weighted by molar-refractivity contribution is 7.99. The summed E-state index contributed by atoms with van der Waals surface area (Å²) in [5.41, 5.74) is 3.78. The van der Waals surface area contributed by atoms with Crippen molar-refractivity contribution in [2.45, 2.75) is 51.4 Å². The molecule has 0 aliphatic carbocycles. The molecule has 0 radical (unpaired) electrons. The number of esters is 2. The van der Waals surface area contributed by atoms with E-state index in [-0.39, 0.29) is 25.0 Å². The quantitative estimate of drug-likeness (QED) is 0.0557. The first-order chi connectivity index (χ1) is 30.6. The van der Waals surface area contributed by atoms with Crippen LogP contribution in [0.15, 0.2) is 170 Å². The van der Waals surface area contributed by atoms with E-state index in [1.165, 1.54) is 0 Å². The summed E-state index contributed by atoms with van der Waals surface area (Å²) >= 11 is 1.78. The Kier molecular flexibility index (Phi) is 16.1. The molecule has 0 saturated carbocycles. The molecule has 9 heteroatoms. The van der Waals surface area contributed by atoms with Crippen molar-refractivity contribution in [1.29, 1.82) is 0 Å². The van der Waals surface area contributed by atoms with Crippen molar-refractivity contribution < 1.29 is 28.7 Å². The Labute approximate surface area is 376 Å². The molecule has 324 valence electrons. The van der Waals surface area contributed by atoms with Gasteiger partial charge in [-0.3, -0.25) is 9.59 Å². The minimum atomic E-state index is -0.992. The summed E-state index contributed by atoms with van der Waals surface area (Å²) in [7, 11) is 0. The molecule has 0 aromatic heterocycles. The summed E-state index contributed by atoms with van der Waals surface area (Å²) in [5.74, 6) is 0.581. The first-order valence-corrected chi connectivity index (χ1v) is 22.8. The van der Waals surface area contributed by atoms with Crippen LogP contribution in [0.4, 0.5) is 11.4 Å². The van der Waals surface area contributed by atoms with Crippen molar-refractivity contribution in [3.05, 3.63) is 203 Å². The summed E-state index contributed by atoms with van der Waals surface area (Å²) in [5, 5.41) is 0. The van der Waals surface area contributed by atoms with E-state index in [0.29, 0.717) is 48.4 Å². The molecule has 63 heavy (non-hydrogen) atoms. The number of carbonyl (C=O) groups is 4. The summed E-state index contributed by atoms with van der Waals surface area (Å²) in [6.07, 6.45) is 1.40. The monoisotopic (exact) mass is 860 g/mol. The van der Waals surface area contributed by atoms with Gasteiger partial charge in [0.15, 0.2) is 0 Å². The van der Waals surface area contributed by atoms with E-state index in [1.807, 2.05) is 169 Å². The number of thioether (sulfide) groups is 1. The second-order valence-electron chi connectivity index (χ2n) is 15.5. The van der Waals surface area contributed by atoms with Crippen LogP contribution < -0.4 is 9.80 Å². The van der Waals surface area contributed by atoms with Crippen LogP contribution in [0.2, 0.25) is 0 Å². The Morgan fingerprint density at radius 2 is 0.730 bits per heavy atom. The van der Waals surface area contributed by atoms with Crippen molar-refractivity contribution in [3.8, 4) is 0 Å². The Morgan fingerprint density at radius 3 is 1.00 bits per heavy atom. The van der Waals surface area contributed by atoms with E-state index >= 15 is 9.59 Å². The molecule has 6 rings (SSSR count). The van der Waals surface area contributed by atoms with Crippen LogP contribution in [-0.2, 0) is 29.9 Å². The smallest absolute Gasteiger partial charge is 0.338 e. The molecular formula is C54H56N2O6S. The third-order valence-corrected chi connectivity index (χ3v) is 12.6. The first-order valence-electron chi connectivity index (χ1n) is 21.6. The molecular weight excluding hydrogens is 805 g/mol. The molecule has 6 aromatic rings. The van der Waals surface area contributed by atoms with Gasteiger partial charge in [0.2, 0.25) is 11.8 Å². The molecule has 0 aliphatic heterocycles. The number of benzene rings is 6. The third kappa shape index (κ3) is 10.8. The van der Waals surface area contributed by atoms with Crippen LogP contribution in [0.5, 0.6) is 0 Å². The minimum absolute atomic E-state index is 0.0724. The number of rotatable bonds is 20. The number of amides is 2. The summed E-state index contributed by atoms with van der Waals surface area (Å²) in [6.45, 7) is 8.94. The first kappa shape index (κ1) is 46.1. The molecule has 6 aromatic carbocycles. The number of hydrogen-bond donors (Lipinski definition) is 0. The normalized spacial score (nSPS) is 11.4. The van der Waals surface area contributed by atoms with E-state index in [0.717, 1.165) is 33.8 Å². The Hall–Kier alpha value is -6.45. The van der Waals surface area contributed by atoms with Gasteiger partial charge in [0.1, 0.15) is 0 Å². The Morgan fingerprint density at radius 1 is 0.444 bits per heavy atom. The van der Waals surface area contributed by atoms with Gasteiger partial charge in [-0.15, -0.1) is 0 Å². The molecule has 0 atom stereocenters. The van der Waals surface area contributed by atoms with Crippen molar-refractivity contribution in [2.24, 2.45) is 0 Å². The second kappa shape index (κ2) is 22.1. The zero-order valence-corrected chi connectivity index (χ0v) is 37.4. The van der Waals surface area contributed by atoms with Crippen molar-refractivity contribution in [1.82, 2.24) is 0 Å². The van der Waals surface area contributed by atoms with E-state index in [9.17, 15) is 9.59 Å². The zero-order valence-electron chi connectivity index (χ0n) is 36.6. The molecule has 0 aliphatic rings. The molecule has 0 heterocycles. The Balaban J connectivity index is 1.20. The van der Waals surface area contributed by atoms with Crippen molar-refractivity contribution in [2.75, 3.05) is 47.6 Å². The molecule has 8 nitrogen and oxygen atoms in total. The van der Waals surface area contributed by atoms with E-state index < -0.39 is 22.8 Å². The number of nitrogens with zero attached hydrogens (tertiary/aromatic N) is 2. The highest BCUT2D eigenvalue weighted by Gasteiger charge is 2.42. The maximum Gasteiger partial charge on any atom is 0.338 e. The van der Waals surface area contributed by atoms with Crippen LogP contribution >= 0.6 is 11.8 Å². The predicted octanol–water partition coefficient (Wildman–Crippen LogP) is 10.9. The molecule has 2 amide bonds. The molecule has 0 fully saturated rings. The van der Waals surface area contributed by atoms with Crippen LogP contribution in [0.3, 0.4) is 0 Å². The maximum atomic E-state index is 15.1. The lowest BCUT2D eigenvalue weighted by molar-refractivity contribution is -0.123. The van der Waals surface area contributed by atoms with Crippen LogP contribution in [0.25, 0.3) is 0 Å². The van der Waals surface area contributed by atoms with Crippen LogP contribution in [0.1, 0.15) is 83.5 Å². The summed E-state index contributed by atoms with van der Waals surface area (Å²) in [6, 6.07) is 53.5. The topological polar surface area (TPSA) is 93.2 Å². The zero-order chi connectivity index (χ0) is 44.7. The molecule has 0 saturated heterocycles. The SMILES string of the molecule is CCOC(=O)c1ccc(N(CCCSCCCN(C(=O)C(C)(c2ccccc2)c2ccccc2)c2ccc(C(=O)OCC)cc2)C(=O)C(C)(c2ccccc2)c2ccccc2)cc1. The van der Waals surface area contributed by atoms with Gasteiger partial charge in [0.05, 0.1) is 35.2 Å². The lowest BCUT2D eigenvalue weighted by Crippen LogP contribution is -2.47. The highest BCUT2D eigenvalue weighted by atomic mass is 32.2. The van der Waals surface area contributed by atoms with Gasteiger partial charge < -0.3 is 19.3 Å². The van der Waals surface area contributed by atoms with Gasteiger partial charge in [0.25, 0.3) is 0 Å². The summed E-state index contributed by atoms with van der Waals surface area (Å²) < 4.78 is 10.5. The van der Waals surface area contributed by atoms with Gasteiger partial charge in [0, 0.05) is 24.5 Å². The average molecular weight is 861 g/mol. The fourth-order valence-electron chi connectivity index (χ4n) is 7.88. The largest absolute Gasteiger partial charge is 0.462 e. The third-order valence-electron chi connectivity index (χ3n) is 11.5. The number of carbonyl (C=O) groups excluding carboxylic acids is 4. The van der Waals surface area contributed by atoms with E-state index in [4.69, 9.17) is 9.47 Å². The van der Waals surface area contributed by atoms with Crippen molar-refractivity contribution in [3.63, 3.8) is 0 Å². The van der Waals surface area contributed by atoms with Crippen LogP contribution in [0, 0.1) is 0 Å². The van der Waals surface area contributed by atoms with E-state index in [1.54, 1.807) is 49.9 Å². The lowest BCUT2D eigenvalue weighted by Gasteiger charge is -2.36. The predicted molar refractivity (Wildman–Crippen MR) is 255 cm³/mol. The maximum absolute atomic E-state index is 15.1. The minimum Gasteiger partial charge on any atom is -0.462 e. The number of anilines is 2. The number of hydrogen-bond acceptors (Lipinski definition) is 7. The van der Waals surface area contributed by atoms with Gasteiger partial charge in [-0.05, 0) is 123 Å². The fourth-order valence-corrected chi connectivity index (χ4v) is 8.75.